The van der Waals surface area contributed by atoms with Crippen LogP contribution in [0.4, 0.5) is 13.9 Å². The zero-order valence-electron chi connectivity index (χ0n) is 12.4. The topological polar surface area (TPSA) is 55.6 Å². The second-order valence-electron chi connectivity index (χ2n) is 4.75. The van der Waals surface area contributed by atoms with Gasteiger partial charge in [-0.3, -0.25) is 4.57 Å². The molecule has 122 valence electrons. The first-order valence-electron chi connectivity index (χ1n) is 7.13. The van der Waals surface area contributed by atoms with E-state index < -0.39 is 6.55 Å². The first-order valence-corrected chi connectivity index (χ1v) is 8.93. The lowest BCUT2D eigenvalue weighted by Crippen LogP contribution is -2.03. The third-order valence-electron chi connectivity index (χ3n) is 3.12. The molecule has 0 aliphatic rings. The van der Waals surface area contributed by atoms with Crippen LogP contribution in [0.25, 0.3) is 11.0 Å². The SMILES string of the molecule is CCCNc1nnc(SCc2nc3ccccc3n2C(F)F)s1. The summed E-state index contributed by atoms with van der Waals surface area (Å²) in [6, 6.07) is 6.91. The van der Waals surface area contributed by atoms with E-state index in [1.165, 1.54) is 23.1 Å². The van der Waals surface area contributed by atoms with Gasteiger partial charge in [-0.2, -0.15) is 8.78 Å². The van der Waals surface area contributed by atoms with Crippen molar-refractivity contribution in [3.8, 4) is 0 Å². The molecule has 0 atom stereocenters. The normalized spacial score (nSPS) is 11.5. The predicted molar refractivity (Wildman–Crippen MR) is 89.2 cm³/mol. The van der Waals surface area contributed by atoms with Gasteiger partial charge in [-0.15, -0.1) is 10.2 Å². The van der Waals surface area contributed by atoms with Gasteiger partial charge in [-0.1, -0.05) is 42.2 Å². The van der Waals surface area contributed by atoms with E-state index >= 15 is 0 Å². The zero-order chi connectivity index (χ0) is 16.2. The van der Waals surface area contributed by atoms with Crippen LogP contribution in [0, 0.1) is 0 Å². The molecule has 0 fully saturated rings. The van der Waals surface area contributed by atoms with Crippen LogP contribution in [-0.2, 0) is 5.75 Å². The summed E-state index contributed by atoms with van der Waals surface area (Å²) in [5, 5.41) is 12.0. The fourth-order valence-corrected chi connectivity index (χ4v) is 3.82. The first-order chi connectivity index (χ1) is 11.2. The number of imidazole rings is 1. The minimum Gasteiger partial charge on any atom is -0.360 e. The molecule has 0 radical (unpaired) electrons. The number of hydrogen-bond acceptors (Lipinski definition) is 6. The Labute approximate surface area is 140 Å². The molecule has 3 aromatic rings. The number of fused-ring (bicyclic) bond motifs is 1. The fourth-order valence-electron chi connectivity index (χ4n) is 2.11. The van der Waals surface area contributed by atoms with Crippen LogP contribution in [0.15, 0.2) is 28.6 Å². The van der Waals surface area contributed by atoms with Crippen LogP contribution in [0.1, 0.15) is 25.7 Å². The Bertz CT molecular complexity index is 786. The highest BCUT2D eigenvalue weighted by Crippen LogP contribution is 2.31. The molecule has 5 nitrogen and oxygen atoms in total. The molecule has 0 aliphatic heterocycles. The number of hydrogen-bond donors (Lipinski definition) is 1. The Hall–Kier alpha value is -1.74. The second-order valence-corrected chi connectivity index (χ2v) is 6.95. The van der Waals surface area contributed by atoms with Gasteiger partial charge in [0.25, 0.3) is 0 Å². The highest BCUT2D eigenvalue weighted by atomic mass is 32.2. The van der Waals surface area contributed by atoms with Crippen LogP contribution in [0.5, 0.6) is 0 Å². The van der Waals surface area contributed by atoms with Gasteiger partial charge in [-0.05, 0) is 18.6 Å². The van der Waals surface area contributed by atoms with Gasteiger partial charge >= 0.3 is 6.55 Å². The third kappa shape index (κ3) is 3.61. The first kappa shape index (κ1) is 16.1. The van der Waals surface area contributed by atoms with E-state index in [4.69, 9.17) is 0 Å². The number of thioether (sulfide) groups is 1. The van der Waals surface area contributed by atoms with Crippen molar-refractivity contribution in [2.75, 3.05) is 11.9 Å². The highest BCUT2D eigenvalue weighted by Gasteiger charge is 2.18. The number of anilines is 1. The lowest BCUT2D eigenvalue weighted by Gasteiger charge is -2.06. The summed E-state index contributed by atoms with van der Waals surface area (Å²) in [6.45, 7) is 0.285. The summed E-state index contributed by atoms with van der Waals surface area (Å²) in [6.07, 6.45) is 1.00. The lowest BCUT2D eigenvalue weighted by atomic mass is 10.3. The number of halogens is 2. The summed E-state index contributed by atoms with van der Waals surface area (Å²) in [5.74, 6) is 0.658. The van der Waals surface area contributed by atoms with Gasteiger partial charge in [0.15, 0.2) is 4.34 Å². The van der Waals surface area contributed by atoms with E-state index in [0.29, 0.717) is 22.6 Å². The van der Waals surface area contributed by atoms with Crippen LogP contribution < -0.4 is 5.32 Å². The van der Waals surface area contributed by atoms with Crippen molar-refractivity contribution < 1.29 is 8.78 Å². The maximum absolute atomic E-state index is 13.3. The van der Waals surface area contributed by atoms with E-state index in [9.17, 15) is 8.78 Å². The number of rotatable bonds is 7. The summed E-state index contributed by atoms with van der Waals surface area (Å²) >= 11 is 2.78. The van der Waals surface area contributed by atoms with Crippen molar-refractivity contribution in [3.05, 3.63) is 30.1 Å². The molecule has 0 saturated carbocycles. The number of benzene rings is 1. The summed E-state index contributed by atoms with van der Waals surface area (Å²) < 4.78 is 28.4. The molecule has 1 aromatic carbocycles. The summed E-state index contributed by atoms with van der Waals surface area (Å²) in [7, 11) is 0. The van der Waals surface area contributed by atoms with Crippen LogP contribution >= 0.6 is 23.1 Å². The fraction of sp³-hybridized carbons (Fsp3) is 0.357. The van der Waals surface area contributed by atoms with Crippen molar-refractivity contribution in [1.29, 1.82) is 0 Å². The number of nitrogens with zero attached hydrogens (tertiary/aromatic N) is 4. The molecule has 23 heavy (non-hydrogen) atoms. The van der Waals surface area contributed by atoms with Gasteiger partial charge in [0.1, 0.15) is 5.82 Å². The molecule has 1 N–H and O–H groups in total. The molecule has 0 aliphatic carbocycles. The van der Waals surface area contributed by atoms with E-state index in [0.717, 1.165) is 27.0 Å². The molecular formula is C14H15F2N5S2. The van der Waals surface area contributed by atoms with Gasteiger partial charge in [0.05, 0.1) is 16.8 Å². The van der Waals surface area contributed by atoms with E-state index in [1.54, 1.807) is 24.3 Å². The van der Waals surface area contributed by atoms with Gasteiger partial charge in [0.2, 0.25) is 5.13 Å². The molecule has 0 spiro atoms. The Morgan fingerprint density at radius 2 is 2.13 bits per heavy atom. The van der Waals surface area contributed by atoms with Crippen LogP contribution in [0.2, 0.25) is 0 Å². The van der Waals surface area contributed by atoms with Gasteiger partial charge in [0, 0.05) is 6.54 Å². The van der Waals surface area contributed by atoms with E-state index in [1.807, 2.05) is 0 Å². The molecule has 3 rings (SSSR count). The molecule has 9 heteroatoms. The lowest BCUT2D eigenvalue weighted by molar-refractivity contribution is 0.0722. The molecular weight excluding hydrogens is 340 g/mol. The number of para-hydroxylation sites is 2. The van der Waals surface area contributed by atoms with Gasteiger partial charge in [-0.25, -0.2) is 4.98 Å². The molecule has 0 amide bonds. The van der Waals surface area contributed by atoms with Crippen LogP contribution in [0.3, 0.4) is 0 Å². The molecule has 2 aromatic heterocycles. The molecule has 0 saturated heterocycles. The Balaban J connectivity index is 1.76. The Morgan fingerprint density at radius 1 is 1.30 bits per heavy atom. The van der Waals surface area contributed by atoms with Crippen molar-refractivity contribution in [2.24, 2.45) is 0 Å². The van der Waals surface area contributed by atoms with Crippen LogP contribution in [-0.4, -0.2) is 26.3 Å². The smallest absolute Gasteiger partial charge is 0.320 e. The average molecular weight is 355 g/mol. The van der Waals surface area contributed by atoms with E-state index in [-0.39, 0.29) is 0 Å². The molecule has 0 unspecified atom stereocenters. The van der Waals surface area contributed by atoms with E-state index in [2.05, 4.69) is 27.4 Å². The largest absolute Gasteiger partial charge is 0.360 e. The molecule has 2 heterocycles. The Morgan fingerprint density at radius 3 is 2.91 bits per heavy atom. The highest BCUT2D eigenvalue weighted by molar-refractivity contribution is 8.00. The minimum absolute atomic E-state index is 0.321. The zero-order valence-corrected chi connectivity index (χ0v) is 14.0. The minimum atomic E-state index is -2.62. The third-order valence-corrected chi connectivity index (χ3v) is 5.13. The maximum atomic E-state index is 13.3. The average Bonchev–Trinajstić information content (AvgIpc) is 3.14. The monoisotopic (exact) mass is 355 g/mol. The van der Waals surface area contributed by atoms with Gasteiger partial charge < -0.3 is 5.32 Å². The standard InChI is InChI=1S/C14H15F2N5S2/c1-2-7-17-13-19-20-14(23-13)22-8-11-18-9-5-3-4-6-10(9)21(11)12(15)16/h3-6,12H,2,7-8H2,1H3,(H,17,19). The summed E-state index contributed by atoms with van der Waals surface area (Å²) in [5.41, 5.74) is 1.02. The van der Waals surface area contributed by atoms with Crippen molar-refractivity contribution in [3.63, 3.8) is 0 Å². The maximum Gasteiger partial charge on any atom is 0.320 e. The van der Waals surface area contributed by atoms with Crippen molar-refractivity contribution >= 4 is 39.3 Å². The van der Waals surface area contributed by atoms with Crippen molar-refractivity contribution in [1.82, 2.24) is 19.7 Å². The Kier molecular flexibility index (Phi) is 5.06. The second kappa shape index (κ2) is 7.22. The van der Waals surface area contributed by atoms with Crippen molar-refractivity contribution in [2.45, 2.75) is 30.0 Å². The number of aromatic nitrogens is 4. The number of alkyl halides is 2. The summed E-state index contributed by atoms with van der Waals surface area (Å²) in [4.78, 5) is 4.31. The predicted octanol–water partition coefficient (Wildman–Crippen LogP) is 4.40. The quantitative estimate of drug-likeness (QED) is 0.637. The number of nitrogens with one attached hydrogen (secondary N) is 1. The molecule has 0 bridgehead atoms.